The average Bonchev–Trinajstić information content (AvgIpc) is 1.97. The molecular formula is C8H13NO6. The van der Waals surface area contributed by atoms with E-state index in [4.69, 9.17) is 5.73 Å². The van der Waals surface area contributed by atoms with Crippen molar-refractivity contribution in [1.29, 1.82) is 0 Å². The minimum absolute atomic E-state index is 0.554. The summed E-state index contributed by atoms with van der Waals surface area (Å²) in [5.41, 5.74) is 5.38. The summed E-state index contributed by atoms with van der Waals surface area (Å²) in [5.74, 6) is -4.22. The Morgan fingerprint density at radius 1 is 1.00 bits per heavy atom. The summed E-state index contributed by atoms with van der Waals surface area (Å²) in [6.45, 7) is 2.75. The first kappa shape index (κ1) is 13.4. The molecule has 0 bridgehead atoms. The second kappa shape index (κ2) is 5.30. The minimum Gasteiger partial charge on any atom is -0.456 e. The van der Waals surface area contributed by atoms with Gasteiger partial charge in [0.2, 0.25) is 0 Å². The lowest BCUT2D eigenvalue weighted by Crippen LogP contribution is -2.52. The van der Waals surface area contributed by atoms with Crippen LogP contribution in [0.25, 0.3) is 0 Å². The van der Waals surface area contributed by atoms with Crippen molar-refractivity contribution in [2.45, 2.75) is 26.7 Å². The number of ether oxygens (including phenoxy) is 3. The van der Waals surface area contributed by atoms with E-state index in [1.165, 1.54) is 0 Å². The maximum absolute atomic E-state index is 10.7. The molecule has 0 radical (unpaired) electrons. The molecule has 0 aromatic rings. The maximum atomic E-state index is 10.7. The van der Waals surface area contributed by atoms with Crippen molar-refractivity contribution in [2.24, 2.45) is 5.73 Å². The lowest BCUT2D eigenvalue weighted by molar-refractivity contribution is -0.239. The summed E-state index contributed by atoms with van der Waals surface area (Å²) >= 11 is 0. The summed E-state index contributed by atoms with van der Waals surface area (Å²) < 4.78 is 13.5. The van der Waals surface area contributed by atoms with Crippen LogP contribution in [0.1, 0.15) is 20.8 Å². The van der Waals surface area contributed by atoms with Gasteiger partial charge >= 0.3 is 23.8 Å². The summed E-state index contributed by atoms with van der Waals surface area (Å²) in [6.07, 6.45) is 0. The van der Waals surface area contributed by atoms with Crippen LogP contribution in [0.5, 0.6) is 0 Å². The van der Waals surface area contributed by atoms with E-state index in [9.17, 15) is 14.4 Å². The Labute approximate surface area is 86.5 Å². The number of carbonyl (C=O) groups is 3. The molecule has 0 rings (SSSR count). The Bertz CT molecular complexity index is 258. The van der Waals surface area contributed by atoms with Gasteiger partial charge in [-0.05, 0) is 0 Å². The first-order valence-corrected chi connectivity index (χ1v) is 4.06. The van der Waals surface area contributed by atoms with Gasteiger partial charge in [0.15, 0.2) is 6.61 Å². The van der Waals surface area contributed by atoms with Crippen LogP contribution < -0.4 is 5.73 Å². The fraction of sp³-hybridized carbons (Fsp3) is 0.625. The molecule has 0 aliphatic heterocycles. The van der Waals surface area contributed by atoms with Crippen LogP contribution in [0.4, 0.5) is 0 Å². The molecule has 0 fully saturated rings. The molecule has 0 atom stereocenters. The first-order chi connectivity index (χ1) is 6.75. The van der Waals surface area contributed by atoms with Gasteiger partial charge in [-0.1, -0.05) is 0 Å². The van der Waals surface area contributed by atoms with E-state index in [1.54, 1.807) is 0 Å². The molecule has 0 saturated carbocycles. The molecule has 0 aliphatic rings. The van der Waals surface area contributed by atoms with Crippen molar-refractivity contribution in [3.63, 3.8) is 0 Å². The average molecular weight is 219 g/mol. The van der Waals surface area contributed by atoms with Crippen molar-refractivity contribution >= 4 is 17.9 Å². The van der Waals surface area contributed by atoms with Gasteiger partial charge in [0, 0.05) is 20.8 Å². The summed E-state index contributed by atoms with van der Waals surface area (Å²) in [7, 11) is 0. The van der Waals surface area contributed by atoms with Crippen LogP contribution in [0, 0.1) is 0 Å². The Balaban J connectivity index is 4.46. The smallest absolute Gasteiger partial charge is 0.350 e. The molecule has 2 N–H and O–H groups in total. The number of carbonyl (C=O) groups excluding carboxylic acids is 3. The fourth-order valence-electron chi connectivity index (χ4n) is 0.769. The van der Waals surface area contributed by atoms with Crippen LogP contribution in [0.2, 0.25) is 0 Å². The molecule has 0 unspecified atom stereocenters. The van der Waals surface area contributed by atoms with E-state index in [1.807, 2.05) is 0 Å². The van der Waals surface area contributed by atoms with Gasteiger partial charge in [-0.3, -0.25) is 20.1 Å². The second-order valence-electron chi connectivity index (χ2n) is 2.78. The zero-order chi connectivity index (χ0) is 12.1. The number of hydrogen-bond acceptors (Lipinski definition) is 7. The highest BCUT2D eigenvalue weighted by molar-refractivity contribution is 5.69. The zero-order valence-electron chi connectivity index (χ0n) is 8.73. The van der Waals surface area contributed by atoms with Crippen molar-refractivity contribution in [1.82, 2.24) is 0 Å². The monoisotopic (exact) mass is 219 g/mol. The minimum atomic E-state index is -2.07. The molecule has 7 nitrogen and oxygen atoms in total. The molecule has 0 saturated heterocycles. The van der Waals surface area contributed by atoms with E-state index in [0.29, 0.717) is 0 Å². The highest BCUT2D eigenvalue weighted by Gasteiger charge is 2.34. The molecule has 0 aromatic heterocycles. The highest BCUT2D eigenvalue weighted by atomic mass is 16.8. The number of esters is 3. The molecule has 0 aromatic carbocycles. The van der Waals surface area contributed by atoms with Gasteiger partial charge in [-0.2, -0.15) is 0 Å². The second-order valence-corrected chi connectivity index (χ2v) is 2.78. The lowest BCUT2D eigenvalue weighted by atomic mass is 10.5. The summed E-state index contributed by atoms with van der Waals surface area (Å²) in [6, 6.07) is 0. The number of hydrogen-bond donors (Lipinski definition) is 1. The molecule has 0 aliphatic carbocycles. The highest BCUT2D eigenvalue weighted by Crippen LogP contribution is 2.07. The van der Waals surface area contributed by atoms with Crippen molar-refractivity contribution in [3.8, 4) is 0 Å². The van der Waals surface area contributed by atoms with Gasteiger partial charge in [-0.15, -0.1) is 0 Å². The van der Waals surface area contributed by atoms with Gasteiger partial charge in [0.1, 0.15) is 0 Å². The Morgan fingerprint density at radius 2 is 1.40 bits per heavy atom. The van der Waals surface area contributed by atoms with Gasteiger partial charge < -0.3 is 14.2 Å². The first-order valence-electron chi connectivity index (χ1n) is 4.06. The van der Waals surface area contributed by atoms with E-state index in [-0.39, 0.29) is 0 Å². The van der Waals surface area contributed by atoms with E-state index in [0.717, 1.165) is 20.8 Å². The maximum Gasteiger partial charge on any atom is 0.350 e. The molecule has 0 spiro atoms. The third-order valence-corrected chi connectivity index (χ3v) is 1.11. The van der Waals surface area contributed by atoms with Gasteiger partial charge in [0.05, 0.1) is 0 Å². The molecular weight excluding hydrogens is 206 g/mol. The van der Waals surface area contributed by atoms with Crippen LogP contribution in [-0.4, -0.2) is 30.4 Å². The Kier molecular flexibility index (Phi) is 4.72. The SMILES string of the molecule is CC(=O)OCC(N)(OC(C)=O)OC(C)=O. The van der Waals surface area contributed by atoms with Crippen LogP contribution >= 0.6 is 0 Å². The molecule has 0 amide bonds. The molecule has 7 heteroatoms. The summed E-state index contributed by atoms with van der Waals surface area (Å²) in [5, 5.41) is 0. The van der Waals surface area contributed by atoms with Crippen molar-refractivity contribution in [2.75, 3.05) is 6.61 Å². The lowest BCUT2D eigenvalue weighted by Gasteiger charge is -2.26. The molecule has 15 heavy (non-hydrogen) atoms. The Hall–Kier alpha value is -1.63. The third kappa shape index (κ3) is 6.44. The van der Waals surface area contributed by atoms with Crippen molar-refractivity contribution < 1.29 is 28.6 Å². The topological polar surface area (TPSA) is 105 Å². The van der Waals surface area contributed by atoms with Crippen LogP contribution in [0.3, 0.4) is 0 Å². The van der Waals surface area contributed by atoms with E-state index < -0.39 is 30.4 Å². The third-order valence-electron chi connectivity index (χ3n) is 1.11. The molecule has 0 heterocycles. The standard InChI is InChI=1S/C8H13NO6/c1-5(10)13-4-8(9,14-6(2)11)15-7(3)12/h4,9H2,1-3H3. The Morgan fingerprint density at radius 3 is 1.67 bits per heavy atom. The van der Waals surface area contributed by atoms with Crippen molar-refractivity contribution in [3.05, 3.63) is 0 Å². The summed E-state index contributed by atoms with van der Waals surface area (Å²) in [4.78, 5) is 31.8. The quantitative estimate of drug-likeness (QED) is 0.491. The largest absolute Gasteiger partial charge is 0.456 e. The van der Waals surface area contributed by atoms with Gasteiger partial charge in [0.25, 0.3) is 0 Å². The van der Waals surface area contributed by atoms with Crippen LogP contribution in [-0.2, 0) is 28.6 Å². The van der Waals surface area contributed by atoms with E-state index >= 15 is 0 Å². The predicted molar refractivity (Wildman–Crippen MR) is 47.1 cm³/mol. The van der Waals surface area contributed by atoms with E-state index in [2.05, 4.69) is 14.2 Å². The molecule has 86 valence electrons. The predicted octanol–water partition coefficient (Wildman–Crippen LogP) is -0.712. The number of nitrogens with two attached hydrogens (primary N) is 1. The fourth-order valence-corrected chi connectivity index (χ4v) is 0.769. The van der Waals surface area contributed by atoms with Gasteiger partial charge in [-0.25, -0.2) is 0 Å². The normalized spacial score (nSPS) is 10.4. The zero-order valence-corrected chi connectivity index (χ0v) is 8.73. The number of rotatable bonds is 4. The van der Waals surface area contributed by atoms with Crippen LogP contribution in [0.15, 0.2) is 0 Å².